The minimum Gasteiger partial charge on any atom is -0.493 e. The number of hydrogen-bond donors (Lipinski definition) is 2. The highest BCUT2D eigenvalue weighted by atomic mass is 35.5. The van der Waals surface area contributed by atoms with Crippen molar-refractivity contribution in [2.45, 2.75) is 13.3 Å². The summed E-state index contributed by atoms with van der Waals surface area (Å²) in [5.74, 6) is 0.779. The third kappa shape index (κ3) is 5.67. The molecule has 0 heterocycles. The summed E-state index contributed by atoms with van der Waals surface area (Å²) in [4.78, 5) is 0. The molecule has 0 saturated heterocycles. The summed E-state index contributed by atoms with van der Waals surface area (Å²) in [5, 5.41) is 8.46. The maximum absolute atomic E-state index is 6.08. The molecule has 2 N–H and O–H groups in total. The lowest BCUT2D eigenvalue weighted by atomic mass is 10.2. The fourth-order valence-electron chi connectivity index (χ4n) is 1.83. The molecular weight excluding hydrogens is 365 g/mol. The van der Waals surface area contributed by atoms with Crippen molar-refractivity contribution in [2.24, 2.45) is 5.10 Å². The number of thiocarbonyl (C=S) groups is 1. The average Bonchev–Trinajstić information content (AvgIpc) is 2.57. The van der Waals surface area contributed by atoms with E-state index in [0.29, 0.717) is 27.5 Å². The monoisotopic (exact) mass is 381 g/mol. The van der Waals surface area contributed by atoms with Crippen LogP contribution in [0, 0.1) is 0 Å². The predicted octanol–water partition coefficient (Wildman–Crippen LogP) is 5.10. The van der Waals surface area contributed by atoms with Gasteiger partial charge in [0.2, 0.25) is 0 Å². The second-order valence-electron chi connectivity index (χ2n) is 4.83. The minimum atomic E-state index is 0.308. The Kier molecular flexibility index (Phi) is 7.31. The molecule has 0 bridgehead atoms. The molecule has 0 unspecified atom stereocenters. The van der Waals surface area contributed by atoms with Crippen LogP contribution in [-0.2, 0) is 0 Å². The third-order valence-electron chi connectivity index (χ3n) is 2.93. The Labute approximate surface area is 156 Å². The number of para-hydroxylation sites is 1. The fourth-order valence-corrected chi connectivity index (χ4v) is 2.33. The maximum Gasteiger partial charge on any atom is 0.191 e. The normalized spacial score (nSPS) is 10.6. The lowest BCUT2D eigenvalue weighted by Gasteiger charge is -2.10. The van der Waals surface area contributed by atoms with Crippen molar-refractivity contribution < 1.29 is 4.74 Å². The molecule has 0 saturated carbocycles. The molecule has 0 aliphatic carbocycles. The molecular formula is C17H17Cl2N3OS. The number of nitrogens with zero attached hydrogens (tertiary/aromatic N) is 1. The van der Waals surface area contributed by atoms with Gasteiger partial charge < -0.3 is 10.1 Å². The van der Waals surface area contributed by atoms with Crippen molar-refractivity contribution in [1.29, 1.82) is 0 Å². The van der Waals surface area contributed by atoms with Gasteiger partial charge in [0.05, 0.1) is 23.5 Å². The van der Waals surface area contributed by atoms with E-state index < -0.39 is 0 Å². The van der Waals surface area contributed by atoms with Crippen molar-refractivity contribution >= 4 is 52.4 Å². The number of halogens is 2. The quantitative estimate of drug-likeness (QED) is 0.414. The van der Waals surface area contributed by atoms with Crippen LogP contribution in [-0.4, -0.2) is 17.9 Å². The molecule has 2 rings (SSSR count). The molecule has 24 heavy (non-hydrogen) atoms. The number of anilines is 1. The first-order valence-corrected chi connectivity index (χ1v) is 8.53. The van der Waals surface area contributed by atoms with Gasteiger partial charge in [0.15, 0.2) is 5.11 Å². The zero-order valence-electron chi connectivity index (χ0n) is 13.1. The Hall–Kier alpha value is -1.82. The molecule has 4 nitrogen and oxygen atoms in total. The highest BCUT2D eigenvalue weighted by molar-refractivity contribution is 7.80. The van der Waals surface area contributed by atoms with Crippen molar-refractivity contribution in [2.75, 3.05) is 11.9 Å². The van der Waals surface area contributed by atoms with Gasteiger partial charge in [-0.2, -0.15) is 5.10 Å². The first-order valence-electron chi connectivity index (χ1n) is 7.37. The van der Waals surface area contributed by atoms with Crippen molar-refractivity contribution in [1.82, 2.24) is 5.43 Å². The van der Waals surface area contributed by atoms with E-state index in [0.717, 1.165) is 17.7 Å². The standard InChI is InChI=1S/C17H17Cl2N3OS/c1-2-9-23-16-6-4-3-5-12(16)11-20-22-17(24)21-15-10-13(18)7-8-14(15)19/h3-8,10-11H,2,9H2,1H3,(H2,21,22,24). The summed E-state index contributed by atoms with van der Waals surface area (Å²) in [6.45, 7) is 2.72. The zero-order valence-corrected chi connectivity index (χ0v) is 15.4. The van der Waals surface area contributed by atoms with Crippen molar-refractivity contribution in [3.05, 3.63) is 58.1 Å². The molecule has 7 heteroatoms. The molecule has 2 aromatic rings. The second kappa shape index (κ2) is 9.47. The van der Waals surface area contributed by atoms with Crippen LogP contribution in [0.2, 0.25) is 10.0 Å². The highest BCUT2D eigenvalue weighted by Gasteiger charge is 2.03. The Bertz CT molecular complexity index is 738. The third-order valence-corrected chi connectivity index (χ3v) is 3.69. The first-order chi connectivity index (χ1) is 11.6. The Morgan fingerprint density at radius 2 is 2.04 bits per heavy atom. The lowest BCUT2D eigenvalue weighted by Crippen LogP contribution is -2.24. The van der Waals surface area contributed by atoms with E-state index in [1.54, 1.807) is 24.4 Å². The molecule has 0 spiro atoms. The van der Waals surface area contributed by atoms with Crippen LogP contribution in [0.5, 0.6) is 5.75 Å². The highest BCUT2D eigenvalue weighted by Crippen LogP contribution is 2.25. The molecule has 0 amide bonds. The van der Waals surface area contributed by atoms with Crippen LogP contribution in [0.25, 0.3) is 0 Å². The van der Waals surface area contributed by atoms with Crippen LogP contribution in [0.4, 0.5) is 5.69 Å². The van der Waals surface area contributed by atoms with Gasteiger partial charge in [-0.15, -0.1) is 0 Å². The molecule has 0 atom stereocenters. The van der Waals surface area contributed by atoms with Gasteiger partial charge in [0, 0.05) is 10.6 Å². The van der Waals surface area contributed by atoms with Crippen LogP contribution >= 0.6 is 35.4 Å². The summed E-state index contributed by atoms with van der Waals surface area (Å²) in [6.07, 6.45) is 2.59. The number of benzene rings is 2. The van der Waals surface area contributed by atoms with E-state index in [1.807, 2.05) is 24.3 Å². The van der Waals surface area contributed by atoms with E-state index in [-0.39, 0.29) is 0 Å². The van der Waals surface area contributed by atoms with E-state index >= 15 is 0 Å². The summed E-state index contributed by atoms with van der Waals surface area (Å²) in [5.41, 5.74) is 4.22. The summed E-state index contributed by atoms with van der Waals surface area (Å²) in [7, 11) is 0. The van der Waals surface area contributed by atoms with Gasteiger partial charge >= 0.3 is 0 Å². The summed E-state index contributed by atoms with van der Waals surface area (Å²) >= 11 is 17.2. The SMILES string of the molecule is CCCOc1ccccc1C=NNC(=S)Nc1cc(Cl)ccc1Cl. The lowest BCUT2D eigenvalue weighted by molar-refractivity contribution is 0.317. The first kappa shape index (κ1) is 18.5. The fraction of sp³-hybridized carbons (Fsp3) is 0.176. The van der Waals surface area contributed by atoms with E-state index in [2.05, 4.69) is 22.8 Å². The molecule has 0 radical (unpaired) electrons. The second-order valence-corrected chi connectivity index (χ2v) is 6.09. The Morgan fingerprint density at radius 1 is 1.25 bits per heavy atom. The van der Waals surface area contributed by atoms with Crippen LogP contribution in [0.1, 0.15) is 18.9 Å². The summed E-state index contributed by atoms with van der Waals surface area (Å²) < 4.78 is 5.67. The molecule has 2 aromatic carbocycles. The van der Waals surface area contributed by atoms with Gasteiger partial charge in [-0.1, -0.05) is 42.3 Å². The largest absolute Gasteiger partial charge is 0.493 e. The number of hydrazone groups is 1. The minimum absolute atomic E-state index is 0.308. The van der Waals surface area contributed by atoms with Gasteiger partial charge in [-0.25, -0.2) is 0 Å². The van der Waals surface area contributed by atoms with E-state index in [1.165, 1.54) is 0 Å². The van der Waals surface area contributed by atoms with Crippen LogP contribution in [0.15, 0.2) is 47.6 Å². The van der Waals surface area contributed by atoms with Crippen molar-refractivity contribution in [3.8, 4) is 5.75 Å². The van der Waals surface area contributed by atoms with Gasteiger partial charge in [0.1, 0.15) is 5.75 Å². The van der Waals surface area contributed by atoms with E-state index in [4.69, 9.17) is 40.2 Å². The van der Waals surface area contributed by atoms with Crippen LogP contribution < -0.4 is 15.5 Å². The number of hydrogen-bond acceptors (Lipinski definition) is 3. The number of rotatable bonds is 6. The van der Waals surface area contributed by atoms with Gasteiger partial charge in [-0.05, 0) is 49.0 Å². The van der Waals surface area contributed by atoms with Crippen molar-refractivity contribution in [3.63, 3.8) is 0 Å². The average molecular weight is 382 g/mol. The molecule has 0 aromatic heterocycles. The molecule has 0 fully saturated rings. The smallest absolute Gasteiger partial charge is 0.191 e. The van der Waals surface area contributed by atoms with E-state index in [9.17, 15) is 0 Å². The topological polar surface area (TPSA) is 45.6 Å². The van der Waals surface area contributed by atoms with Gasteiger partial charge in [-0.3, -0.25) is 5.43 Å². The predicted molar refractivity (Wildman–Crippen MR) is 106 cm³/mol. The Morgan fingerprint density at radius 3 is 2.83 bits per heavy atom. The summed E-state index contributed by atoms with van der Waals surface area (Å²) in [6, 6.07) is 12.7. The molecule has 0 aliphatic rings. The number of nitrogens with one attached hydrogen (secondary N) is 2. The maximum atomic E-state index is 6.08. The zero-order chi connectivity index (χ0) is 17.4. The molecule has 0 aliphatic heterocycles. The molecule has 126 valence electrons. The number of ether oxygens (including phenoxy) is 1. The van der Waals surface area contributed by atoms with Crippen LogP contribution in [0.3, 0.4) is 0 Å². The van der Waals surface area contributed by atoms with Gasteiger partial charge in [0.25, 0.3) is 0 Å². The Balaban J connectivity index is 1.96.